The van der Waals surface area contributed by atoms with Gasteiger partial charge in [0.15, 0.2) is 6.79 Å². The first-order chi connectivity index (χ1) is 12.2. The van der Waals surface area contributed by atoms with Crippen LogP contribution in [0.5, 0.6) is 5.75 Å². The smallest absolute Gasteiger partial charge is 0.870 e. The summed E-state index contributed by atoms with van der Waals surface area (Å²) in [4.78, 5) is 24.5. The molecule has 3 aromatic rings. The van der Waals surface area contributed by atoms with Crippen LogP contribution in [0.15, 0.2) is 59.5 Å². The molecule has 0 radical (unpaired) electrons. The maximum absolute atomic E-state index is 12.5. The molecular weight excluding hydrogens is 361 g/mol. The van der Waals surface area contributed by atoms with E-state index in [2.05, 4.69) is 0 Å². The van der Waals surface area contributed by atoms with Crippen molar-refractivity contribution in [3.63, 3.8) is 0 Å². The van der Waals surface area contributed by atoms with Gasteiger partial charge in [0.05, 0.1) is 12.6 Å². The number of ether oxygens (including phenoxy) is 3. The van der Waals surface area contributed by atoms with Gasteiger partial charge in [-0.1, -0.05) is 12.1 Å². The molecule has 0 unspecified atom stereocenters. The Labute approximate surface area is 178 Å². The Morgan fingerprint density at radius 2 is 1.70 bits per heavy atom. The molecule has 0 atom stereocenters. The van der Waals surface area contributed by atoms with E-state index in [4.69, 9.17) is 14.2 Å². The van der Waals surface area contributed by atoms with Gasteiger partial charge in [-0.25, -0.2) is 4.79 Å². The van der Waals surface area contributed by atoms with Crippen molar-refractivity contribution in [3.8, 4) is 11.4 Å². The van der Waals surface area contributed by atoms with Crippen LogP contribution in [-0.2, 0) is 9.47 Å². The SMILES string of the molecule is COCOc1ccc(-n2cc(C(=O)OC)c(=O)c3ccccc32)cc1.[Na+].[OH-]. The maximum atomic E-state index is 12.5. The predicted octanol–water partition coefficient (Wildman–Crippen LogP) is -0.413. The van der Waals surface area contributed by atoms with Crippen molar-refractivity contribution in [2.45, 2.75) is 0 Å². The average molecular weight is 379 g/mol. The van der Waals surface area contributed by atoms with Gasteiger partial charge in [-0.3, -0.25) is 4.79 Å². The fourth-order valence-corrected chi connectivity index (χ4v) is 2.58. The number of nitrogens with zero attached hydrogens (tertiary/aromatic N) is 1. The van der Waals surface area contributed by atoms with Crippen LogP contribution in [0, 0.1) is 0 Å². The van der Waals surface area contributed by atoms with E-state index in [0.29, 0.717) is 16.7 Å². The van der Waals surface area contributed by atoms with Crippen molar-refractivity contribution in [2.24, 2.45) is 0 Å². The molecular formula is C19H18NNaO6. The summed E-state index contributed by atoms with van der Waals surface area (Å²) >= 11 is 0. The van der Waals surface area contributed by atoms with Crippen molar-refractivity contribution in [2.75, 3.05) is 21.0 Å². The fourth-order valence-electron chi connectivity index (χ4n) is 2.58. The van der Waals surface area contributed by atoms with Crippen molar-refractivity contribution in [1.29, 1.82) is 0 Å². The standard InChI is InChI=1S/C19H17NO5.Na.H2O/c1-23-12-25-14-9-7-13(8-10-14)20-11-16(19(22)24-2)18(21)15-5-3-4-6-17(15)20;;/h3-11H,12H2,1-2H3;;1H2/q;+1;/p-1. The molecule has 0 aliphatic rings. The Hall–Kier alpha value is -2.16. The summed E-state index contributed by atoms with van der Waals surface area (Å²) in [5.41, 5.74) is 1.12. The van der Waals surface area contributed by atoms with Gasteiger partial charge in [0.1, 0.15) is 11.3 Å². The molecule has 136 valence electrons. The van der Waals surface area contributed by atoms with Crippen LogP contribution < -0.4 is 39.7 Å². The van der Waals surface area contributed by atoms with Gasteiger partial charge >= 0.3 is 35.5 Å². The summed E-state index contributed by atoms with van der Waals surface area (Å²) in [6, 6.07) is 14.4. The van der Waals surface area contributed by atoms with E-state index >= 15 is 0 Å². The molecule has 1 N–H and O–H groups in total. The first-order valence-electron chi connectivity index (χ1n) is 7.60. The molecule has 0 bridgehead atoms. The maximum Gasteiger partial charge on any atom is 1.00 e. The Kier molecular flexibility index (Phi) is 8.68. The normalized spacial score (nSPS) is 9.85. The van der Waals surface area contributed by atoms with E-state index in [1.54, 1.807) is 35.9 Å². The Morgan fingerprint density at radius 3 is 2.33 bits per heavy atom. The predicted molar refractivity (Wildman–Crippen MR) is 95.3 cm³/mol. The summed E-state index contributed by atoms with van der Waals surface area (Å²) in [5, 5.41) is 0.449. The molecule has 0 fully saturated rings. The quantitative estimate of drug-likeness (QED) is 0.340. The number of esters is 1. The van der Waals surface area contributed by atoms with Gasteiger partial charge in [-0.05, 0) is 36.4 Å². The molecule has 3 rings (SSSR count). The van der Waals surface area contributed by atoms with Crippen LogP contribution >= 0.6 is 0 Å². The Bertz CT molecular complexity index is 968. The van der Waals surface area contributed by atoms with E-state index in [9.17, 15) is 9.59 Å². The monoisotopic (exact) mass is 379 g/mol. The van der Waals surface area contributed by atoms with Crippen LogP contribution in [0.1, 0.15) is 10.4 Å². The average Bonchev–Trinajstić information content (AvgIpc) is 2.67. The van der Waals surface area contributed by atoms with E-state index in [0.717, 1.165) is 5.69 Å². The van der Waals surface area contributed by atoms with Crippen LogP contribution in [-0.4, -0.2) is 37.0 Å². The zero-order chi connectivity index (χ0) is 17.8. The Morgan fingerprint density at radius 1 is 1.04 bits per heavy atom. The van der Waals surface area contributed by atoms with Crippen molar-refractivity contribution in [1.82, 2.24) is 4.57 Å². The summed E-state index contributed by atoms with van der Waals surface area (Å²) in [6.07, 6.45) is 1.50. The molecule has 27 heavy (non-hydrogen) atoms. The second kappa shape index (κ2) is 10.2. The number of rotatable bonds is 5. The van der Waals surface area contributed by atoms with E-state index in [1.165, 1.54) is 13.3 Å². The van der Waals surface area contributed by atoms with Crippen molar-refractivity contribution in [3.05, 3.63) is 70.5 Å². The molecule has 0 amide bonds. The van der Waals surface area contributed by atoms with Gasteiger partial charge in [0, 0.05) is 24.4 Å². The number of carbonyl (C=O) groups excluding carboxylic acids is 1. The Balaban J connectivity index is 0.00000182. The largest absolute Gasteiger partial charge is 1.00 e. The second-order valence-electron chi connectivity index (χ2n) is 5.30. The number of benzene rings is 2. The number of methoxy groups -OCH3 is 2. The number of fused-ring (bicyclic) bond motifs is 1. The van der Waals surface area contributed by atoms with Crippen molar-refractivity contribution < 1.29 is 54.0 Å². The van der Waals surface area contributed by atoms with Crippen LogP contribution in [0.3, 0.4) is 0 Å². The molecule has 0 spiro atoms. The van der Waals surface area contributed by atoms with Gasteiger partial charge in [-0.15, -0.1) is 0 Å². The van der Waals surface area contributed by atoms with Gasteiger partial charge in [0.25, 0.3) is 0 Å². The van der Waals surface area contributed by atoms with Crippen LogP contribution in [0.4, 0.5) is 0 Å². The molecule has 1 aromatic heterocycles. The minimum absolute atomic E-state index is 0. The number of aromatic nitrogens is 1. The number of para-hydroxylation sites is 1. The van der Waals surface area contributed by atoms with Crippen LogP contribution in [0.2, 0.25) is 0 Å². The minimum atomic E-state index is -0.662. The van der Waals surface area contributed by atoms with Crippen molar-refractivity contribution >= 4 is 16.9 Å². The molecule has 2 aromatic carbocycles. The number of pyridine rings is 1. The third-order valence-corrected chi connectivity index (χ3v) is 3.77. The zero-order valence-corrected chi connectivity index (χ0v) is 17.3. The fraction of sp³-hybridized carbons (Fsp3) is 0.158. The third-order valence-electron chi connectivity index (χ3n) is 3.77. The van der Waals surface area contributed by atoms with Gasteiger partial charge in [-0.2, -0.15) is 0 Å². The zero-order valence-electron chi connectivity index (χ0n) is 15.3. The molecule has 8 heteroatoms. The summed E-state index contributed by atoms with van der Waals surface area (Å²) in [7, 11) is 2.80. The molecule has 7 nitrogen and oxygen atoms in total. The third kappa shape index (κ3) is 4.77. The molecule has 1 heterocycles. The molecule has 0 saturated heterocycles. The van der Waals surface area contributed by atoms with Gasteiger partial charge < -0.3 is 24.3 Å². The number of carbonyl (C=O) groups is 1. The number of hydrogen-bond acceptors (Lipinski definition) is 6. The van der Waals surface area contributed by atoms with Crippen LogP contribution in [0.25, 0.3) is 16.6 Å². The first-order valence-corrected chi connectivity index (χ1v) is 7.60. The molecule has 0 aliphatic carbocycles. The van der Waals surface area contributed by atoms with E-state index in [1.807, 2.05) is 24.3 Å². The van der Waals surface area contributed by atoms with E-state index < -0.39 is 5.97 Å². The molecule has 0 saturated carbocycles. The summed E-state index contributed by atoms with van der Waals surface area (Å²) in [6.45, 7) is 0.160. The first kappa shape index (κ1) is 22.9. The van der Waals surface area contributed by atoms with E-state index in [-0.39, 0.29) is 52.8 Å². The second-order valence-corrected chi connectivity index (χ2v) is 5.30. The minimum Gasteiger partial charge on any atom is -0.870 e. The number of hydrogen-bond donors (Lipinski definition) is 0. The summed E-state index contributed by atoms with van der Waals surface area (Å²) in [5.74, 6) is -0.00584. The topological polar surface area (TPSA) is 96.8 Å². The summed E-state index contributed by atoms with van der Waals surface area (Å²) < 4.78 is 16.8. The molecule has 0 aliphatic heterocycles. The van der Waals surface area contributed by atoms with Gasteiger partial charge in [0.2, 0.25) is 5.43 Å².